The van der Waals surface area contributed by atoms with Crippen LogP contribution >= 0.6 is 0 Å². The number of aromatic hydroxyl groups is 1. The predicted molar refractivity (Wildman–Crippen MR) is 253 cm³/mol. The van der Waals surface area contributed by atoms with Gasteiger partial charge in [-0.05, 0) is 137 Å². The molecule has 0 bridgehead atoms. The quantitative estimate of drug-likeness (QED) is 0.167. The highest BCUT2D eigenvalue weighted by Gasteiger charge is 2.24. The number of aromatic nitrogens is 3. The lowest BCUT2D eigenvalue weighted by Crippen LogP contribution is -2.03. The molecule has 0 aliphatic carbocycles. The van der Waals surface area contributed by atoms with Crippen LogP contribution in [0.15, 0.2) is 200 Å². The largest absolute Gasteiger partial charge is 0.507 e. The lowest BCUT2D eigenvalue weighted by atomic mass is 9.93. The van der Waals surface area contributed by atoms with E-state index in [9.17, 15) is 5.11 Å². The van der Waals surface area contributed by atoms with Gasteiger partial charge >= 0.3 is 0 Å². The molecule has 0 fully saturated rings. The number of hydrogen-bond donors (Lipinski definition) is 1. The van der Waals surface area contributed by atoms with Crippen molar-refractivity contribution in [2.24, 2.45) is 0 Å². The van der Waals surface area contributed by atoms with Gasteiger partial charge in [-0.25, -0.2) is 4.98 Å². The molecule has 8 aromatic carbocycles. The van der Waals surface area contributed by atoms with Crippen LogP contribution in [-0.4, -0.2) is 19.6 Å². The lowest BCUT2D eigenvalue weighted by molar-refractivity contribution is 0.472. The van der Waals surface area contributed by atoms with Crippen molar-refractivity contribution in [3.63, 3.8) is 0 Å². The van der Waals surface area contributed by atoms with Crippen LogP contribution in [0.5, 0.6) is 5.75 Å². The van der Waals surface area contributed by atoms with Gasteiger partial charge in [0.2, 0.25) is 0 Å². The first kappa shape index (κ1) is 37.5. The van der Waals surface area contributed by atoms with Gasteiger partial charge in [-0.15, -0.1) is 0 Å². The van der Waals surface area contributed by atoms with Crippen LogP contribution in [0.25, 0.3) is 95.0 Å². The number of benzene rings is 8. The Morgan fingerprint density at radius 3 is 1.67 bits per heavy atom. The second-order valence-corrected chi connectivity index (χ2v) is 15.8. The van der Waals surface area contributed by atoms with E-state index in [1.165, 1.54) is 5.56 Å². The molecule has 292 valence electrons. The van der Waals surface area contributed by atoms with Crippen molar-refractivity contribution >= 4 is 11.0 Å². The maximum absolute atomic E-state index is 11.9. The normalized spacial score (nSPS) is 11.3. The zero-order valence-corrected chi connectivity index (χ0v) is 34.3. The van der Waals surface area contributed by atoms with Crippen LogP contribution in [0.4, 0.5) is 0 Å². The van der Waals surface area contributed by atoms with Crippen LogP contribution < -0.4 is 0 Å². The molecular weight excluding hydrogens is 743 g/mol. The Hall–Kier alpha value is -7.82. The Balaban J connectivity index is 1.27. The maximum Gasteiger partial charge on any atom is 0.149 e. The number of nitrogens with zero attached hydrogens (tertiary/aromatic N) is 3. The van der Waals surface area contributed by atoms with Gasteiger partial charge in [0.05, 0.1) is 28.0 Å². The van der Waals surface area contributed by atoms with E-state index in [1.807, 2.05) is 31.3 Å². The minimum absolute atomic E-state index is 0.220. The van der Waals surface area contributed by atoms with E-state index in [0.29, 0.717) is 11.4 Å². The van der Waals surface area contributed by atoms with E-state index in [2.05, 4.69) is 194 Å². The van der Waals surface area contributed by atoms with Gasteiger partial charge in [0.1, 0.15) is 11.6 Å². The van der Waals surface area contributed by atoms with Crippen molar-refractivity contribution in [3.8, 4) is 89.7 Å². The molecule has 4 heteroatoms. The van der Waals surface area contributed by atoms with Gasteiger partial charge in [0.15, 0.2) is 0 Å². The van der Waals surface area contributed by atoms with Crippen molar-refractivity contribution in [2.75, 3.05) is 0 Å². The van der Waals surface area contributed by atoms with Gasteiger partial charge < -0.3 is 5.11 Å². The van der Waals surface area contributed by atoms with Gasteiger partial charge in [-0.2, -0.15) is 0 Å². The minimum Gasteiger partial charge on any atom is -0.507 e. The Morgan fingerprint density at radius 1 is 0.410 bits per heavy atom. The second-order valence-electron chi connectivity index (χ2n) is 15.8. The smallest absolute Gasteiger partial charge is 0.149 e. The summed E-state index contributed by atoms with van der Waals surface area (Å²) in [5.74, 6) is 0.890. The van der Waals surface area contributed by atoms with E-state index in [0.717, 1.165) is 94.7 Å². The standard InChI is InChI=1S/C57H43N3O/c1-37-29-39(3)56(61)51(30-37)57-59-55-48(46-32-45(41-19-10-5-11-20-41)33-47(34-46)52-35-44(27-28-58-52)40-17-8-4-9-18-40)25-16-26-53(55)60(57)54-36-49(42-21-12-6-13-22-42)38(2)31-50(54)43-23-14-7-15-24-43/h4-36,61H,1-3H3. The molecule has 0 amide bonds. The highest BCUT2D eigenvalue weighted by Crippen LogP contribution is 2.44. The van der Waals surface area contributed by atoms with Crippen molar-refractivity contribution in [3.05, 3.63) is 217 Å². The zero-order chi connectivity index (χ0) is 41.5. The van der Waals surface area contributed by atoms with Crippen molar-refractivity contribution in [1.29, 1.82) is 0 Å². The summed E-state index contributed by atoms with van der Waals surface area (Å²) < 4.78 is 2.26. The summed E-state index contributed by atoms with van der Waals surface area (Å²) in [7, 11) is 0. The highest BCUT2D eigenvalue weighted by molar-refractivity contribution is 5.99. The van der Waals surface area contributed by atoms with E-state index in [1.54, 1.807) is 0 Å². The molecule has 4 nitrogen and oxygen atoms in total. The molecule has 0 radical (unpaired) electrons. The fraction of sp³-hybridized carbons (Fsp3) is 0.0526. The molecule has 61 heavy (non-hydrogen) atoms. The van der Waals surface area contributed by atoms with Crippen molar-refractivity contribution in [2.45, 2.75) is 20.8 Å². The van der Waals surface area contributed by atoms with Gasteiger partial charge in [-0.3, -0.25) is 9.55 Å². The summed E-state index contributed by atoms with van der Waals surface area (Å²) in [4.78, 5) is 10.5. The molecule has 0 aliphatic heterocycles. The third-order valence-corrected chi connectivity index (χ3v) is 11.6. The van der Waals surface area contributed by atoms with Crippen molar-refractivity contribution in [1.82, 2.24) is 14.5 Å². The first-order valence-corrected chi connectivity index (χ1v) is 20.7. The number of imidazole rings is 1. The monoisotopic (exact) mass is 785 g/mol. The minimum atomic E-state index is 0.220. The van der Waals surface area contributed by atoms with Crippen molar-refractivity contribution < 1.29 is 5.11 Å². The van der Waals surface area contributed by atoms with E-state index < -0.39 is 0 Å². The fourth-order valence-electron chi connectivity index (χ4n) is 8.67. The summed E-state index contributed by atoms with van der Waals surface area (Å²) >= 11 is 0. The number of hydrogen-bond acceptors (Lipinski definition) is 3. The SMILES string of the molecule is Cc1cc(C)c(O)c(-c2nc3c(-c4cc(-c5ccccc5)cc(-c5cc(-c6ccccc6)ccn5)c4)cccc3n2-c2cc(-c3ccccc3)c(C)cc2-c2ccccc2)c1. The number of rotatable bonds is 8. The lowest BCUT2D eigenvalue weighted by Gasteiger charge is -2.19. The first-order chi connectivity index (χ1) is 29.9. The van der Waals surface area contributed by atoms with Crippen LogP contribution in [0.3, 0.4) is 0 Å². The average Bonchev–Trinajstić information content (AvgIpc) is 3.70. The third kappa shape index (κ3) is 7.08. The molecule has 2 heterocycles. The highest BCUT2D eigenvalue weighted by atomic mass is 16.3. The summed E-state index contributed by atoms with van der Waals surface area (Å²) in [6.07, 6.45) is 1.90. The topological polar surface area (TPSA) is 50.9 Å². The molecule has 0 spiro atoms. The molecule has 0 saturated heterocycles. The Kier molecular flexibility index (Phi) is 9.66. The first-order valence-electron chi connectivity index (χ1n) is 20.7. The van der Waals surface area contributed by atoms with Crippen LogP contribution in [0.1, 0.15) is 16.7 Å². The zero-order valence-electron chi connectivity index (χ0n) is 34.3. The average molecular weight is 786 g/mol. The molecule has 10 aromatic rings. The van der Waals surface area contributed by atoms with E-state index in [4.69, 9.17) is 9.97 Å². The summed E-state index contributed by atoms with van der Waals surface area (Å²) in [5.41, 5.74) is 19.2. The van der Waals surface area contributed by atoms with E-state index in [-0.39, 0.29) is 5.75 Å². The fourth-order valence-corrected chi connectivity index (χ4v) is 8.67. The summed E-state index contributed by atoms with van der Waals surface area (Å²) in [5, 5.41) is 11.9. The molecule has 0 saturated carbocycles. The number of fused-ring (bicyclic) bond motifs is 1. The molecule has 10 rings (SSSR count). The molecule has 0 unspecified atom stereocenters. The Bertz CT molecular complexity index is 3210. The number of phenolic OH excluding ortho intramolecular Hbond substituents is 1. The number of para-hydroxylation sites is 1. The predicted octanol–water partition coefficient (Wildman–Crippen LogP) is 14.7. The second kappa shape index (κ2) is 15.7. The van der Waals surface area contributed by atoms with Crippen LogP contribution in [0, 0.1) is 20.8 Å². The van der Waals surface area contributed by atoms with Crippen LogP contribution in [0.2, 0.25) is 0 Å². The number of aryl methyl sites for hydroxylation is 3. The number of pyridine rings is 1. The molecule has 1 N–H and O–H groups in total. The maximum atomic E-state index is 11.9. The van der Waals surface area contributed by atoms with Gasteiger partial charge in [0, 0.05) is 22.9 Å². The molecular formula is C57H43N3O. The van der Waals surface area contributed by atoms with Crippen LogP contribution in [-0.2, 0) is 0 Å². The molecule has 2 aromatic heterocycles. The van der Waals surface area contributed by atoms with E-state index >= 15 is 0 Å². The Labute approximate surface area is 356 Å². The Morgan fingerprint density at radius 2 is 1.00 bits per heavy atom. The summed E-state index contributed by atoms with van der Waals surface area (Å²) in [6, 6.07) is 68.1. The van der Waals surface area contributed by atoms with Gasteiger partial charge in [0.25, 0.3) is 0 Å². The molecule has 0 aliphatic rings. The summed E-state index contributed by atoms with van der Waals surface area (Å²) in [6.45, 7) is 6.21. The molecule has 0 atom stereocenters. The van der Waals surface area contributed by atoms with Gasteiger partial charge in [-0.1, -0.05) is 140 Å². The third-order valence-electron chi connectivity index (χ3n) is 11.6. The number of phenols is 1.